The molecule has 1 fully saturated rings. The van der Waals surface area contributed by atoms with Crippen molar-refractivity contribution >= 4 is 5.97 Å². The fourth-order valence-corrected chi connectivity index (χ4v) is 2.86. The lowest BCUT2D eigenvalue weighted by molar-refractivity contribution is -0.147. The molecule has 5 nitrogen and oxygen atoms in total. The Bertz CT molecular complexity index is 503. The average molecular weight is 277 g/mol. The Morgan fingerprint density at radius 2 is 2.25 bits per heavy atom. The van der Waals surface area contributed by atoms with Gasteiger partial charge in [-0.2, -0.15) is 0 Å². The second-order valence-corrected chi connectivity index (χ2v) is 5.29. The summed E-state index contributed by atoms with van der Waals surface area (Å²) < 4.78 is 15.5. The summed E-state index contributed by atoms with van der Waals surface area (Å²) in [6, 6.07) is 6.01. The van der Waals surface area contributed by atoms with Crippen molar-refractivity contribution < 1.29 is 19.0 Å². The number of nitrogens with zero attached hydrogens (tertiary/aromatic N) is 1. The van der Waals surface area contributed by atoms with Crippen LogP contribution in [0.1, 0.15) is 18.4 Å². The van der Waals surface area contributed by atoms with Gasteiger partial charge in [0.1, 0.15) is 0 Å². The number of likely N-dealkylation sites (tertiary alicyclic amines) is 1. The lowest BCUT2D eigenvalue weighted by atomic mass is 9.98. The minimum atomic E-state index is -0.0969. The summed E-state index contributed by atoms with van der Waals surface area (Å²) in [6.45, 7) is 2.90. The number of carbonyl (C=O) groups is 1. The molecule has 0 aromatic heterocycles. The highest BCUT2D eigenvalue weighted by Crippen LogP contribution is 2.33. The molecule has 0 bridgehead atoms. The van der Waals surface area contributed by atoms with E-state index in [1.165, 1.54) is 12.7 Å². The van der Waals surface area contributed by atoms with E-state index in [2.05, 4.69) is 11.0 Å². The van der Waals surface area contributed by atoms with Gasteiger partial charge in [-0.3, -0.25) is 9.69 Å². The molecule has 5 heteroatoms. The molecule has 0 aliphatic carbocycles. The third-order valence-corrected chi connectivity index (χ3v) is 3.88. The van der Waals surface area contributed by atoms with E-state index in [0.717, 1.165) is 44.0 Å². The maximum atomic E-state index is 11.6. The van der Waals surface area contributed by atoms with Gasteiger partial charge in [-0.15, -0.1) is 0 Å². The van der Waals surface area contributed by atoms with Gasteiger partial charge in [0, 0.05) is 13.1 Å². The van der Waals surface area contributed by atoms with E-state index in [1.807, 2.05) is 12.1 Å². The molecule has 1 saturated heterocycles. The summed E-state index contributed by atoms with van der Waals surface area (Å²) in [6.07, 6.45) is 1.95. The number of rotatable bonds is 3. The standard InChI is InChI=1S/C15H19NO4/c1-18-15(17)12-3-2-6-16(9-12)8-11-4-5-13-14(7-11)20-10-19-13/h4-5,7,12H,2-3,6,8-10H2,1H3. The van der Waals surface area contributed by atoms with Crippen LogP contribution in [0.15, 0.2) is 18.2 Å². The molecule has 0 radical (unpaired) electrons. The first-order valence-corrected chi connectivity index (χ1v) is 6.95. The summed E-state index contributed by atoms with van der Waals surface area (Å²) in [4.78, 5) is 13.9. The van der Waals surface area contributed by atoms with Gasteiger partial charge in [0.2, 0.25) is 6.79 Å². The molecule has 108 valence electrons. The zero-order valence-corrected chi connectivity index (χ0v) is 11.6. The zero-order chi connectivity index (χ0) is 13.9. The fraction of sp³-hybridized carbons (Fsp3) is 0.533. The molecule has 0 N–H and O–H groups in total. The van der Waals surface area contributed by atoms with Crippen LogP contribution in [0, 0.1) is 5.92 Å². The van der Waals surface area contributed by atoms with Gasteiger partial charge in [0.25, 0.3) is 0 Å². The number of methoxy groups -OCH3 is 1. The molecule has 2 aliphatic rings. The SMILES string of the molecule is COC(=O)C1CCCN(Cc2ccc3c(c2)OCO3)C1. The minimum absolute atomic E-state index is 0.00256. The predicted octanol–water partition coefficient (Wildman–Crippen LogP) is 1.80. The van der Waals surface area contributed by atoms with Crippen LogP contribution < -0.4 is 9.47 Å². The third kappa shape index (κ3) is 2.72. The van der Waals surface area contributed by atoms with Crippen molar-refractivity contribution in [2.24, 2.45) is 5.92 Å². The monoisotopic (exact) mass is 277 g/mol. The molecular weight excluding hydrogens is 258 g/mol. The first-order chi connectivity index (χ1) is 9.76. The molecule has 2 aliphatic heterocycles. The highest BCUT2D eigenvalue weighted by atomic mass is 16.7. The number of hydrogen-bond donors (Lipinski definition) is 0. The first kappa shape index (κ1) is 13.2. The molecule has 0 spiro atoms. The Hall–Kier alpha value is -1.75. The molecular formula is C15H19NO4. The lowest BCUT2D eigenvalue weighted by Gasteiger charge is -2.31. The van der Waals surface area contributed by atoms with Crippen molar-refractivity contribution in [2.75, 3.05) is 27.0 Å². The highest BCUT2D eigenvalue weighted by molar-refractivity contribution is 5.72. The van der Waals surface area contributed by atoms with Crippen molar-refractivity contribution in [1.29, 1.82) is 0 Å². The summed E-state index contributed by atoms with van der Waals surface area (Å²) >= 11 is 0. The maximum absolute atomic E-state index is 11.6. The van der Waals surface area contributed by atoms with E-state index in [4.69, 9.17) is 14.2 Å². The number of esters is 1. The molecule has 1 aromatic rings. The van der Waals surface area contributed by atoms with E-state index in [0.29, 0.717) is 6.79 Å². The predicted molar refractivity (Wildman–Crippen MR) is 72.6 cm³/mol. The highest BCUT2D eigenvalue weighted by Gasteiger charge is 2.26. The largest absolute Gasteiger partial charge is 0.469 e. The van der Waals surface area contributed by atoms with Crippen molar-refractivity contribution in [3.8, 4) is 11.5 Å². The van der Waals surface area contributed by atoms with Crippen LogP contribution in [0.4, 0.5) is 0 Å². The van der Waals surface area contributed by atoms with Gasteiger partial charge in [-0.1, -0.05) is 6.07 Å². The van der Waals surface area contributed by atoms with Crippen LogP contribution in [0.5, 0.6) is 11.5 Å². The first-order valence-electron chi connectivity index (χ1n) is 6.95. The zero-order valence-electron chi connectivity index (χ0n) is 11.6. The number of fused-ring (bicyclic) bond motifs is 1. The van der Waals surface area contributed by atoms with Crippen molar-refractivity contribution in [1.82, 2.24) is 4.90 Å². The molecule has 1 aromatic carbocycles. The molecule has 0 saturated carbocycles. The van der Waals surface area contributed by atoms with Gasteiger partial charge < -0.3 is 14.2 Å². The normalized spacial score (nSPS) is 21.8. The Balaban J connectivity index is 1.64. The smallest absolute Gasteiger partial charge is 0.309 e. The Labute approximate surface area is 118 Å². The van der Waals surface area contributed by atoms with Crippen molar-refractivity contribution in [2.45, 2.75) is 19.4 Å². The Morgan fingerprint density at radius 1 is 1.40 bits per heavy atom. The van der Waals surface area contributed by atoms with Gasteiger partial charge in [-0.25, -0.2) is 0 Å². The third-order valence-electron chi connectivity index (χ3n) is 3.88. The van der Waals surface area contributed by atoms with Crippen LogP contribution in [0.25, 0.3) is 0 Å². The summed E-state index contributed by atoms with van der Waals surface area (Å²) in [7, 11) is 1.46. The van der Waals surface area contributed by atoms with Crippen molar-refractivity contribution in [3.05, 3.63) is 23.8 Å². The van der Waals surface area contributed by atoms with Crippen LogP contribution in [0.3, 0.4) is 0 Å². The fourth-order valence-electron chi connectivity index (χ4n) is 2.86. The molecule has 1 unspecified atom stereocenters. The van der Waals surface area contributed by atoms with Gasteiger partial charge >= 0.3 is 5.97 Å². The van der Waals surface area contributed by atoms with Gasteiger partial charge in [0.15, 0.2) is 11.5 Å². The Morgan fingerprint density at radius 3 is 3.10 bits per heavy atom. The van der Waals surface area contributed by atoms with Crippen LogP contribution >= 0.6 is 0 Å². The molecule has 20 heavy (non-hydrogen) atoms. The van der Waals surface area contributed by atoms with Gasteiger partial charge in [0.05, 0.1) is 13.0 Å². The van der Waals surface area contributed by atoms with E-state index < -0.39 is 0 Å². The molecule has 1 atom stereocenters. The van der Waals surface area contributed by atoms with Gasteiger partial charge in [-0.05, 0) is 37.1 Å². The summed E-state index contributed by atoms with van der Waals surface area (Å²) in [5, 5.41) is 0. The number of ether oxygens (including phenoxy) is 3. The maximum Gasteiger partial charge on any atom is 0.309 e. The van der Waals surface area contributed by atoms with E-state index in [1.54, 1.807) is 0 Å². The van der Waals surface area contributed by atoms with Crippen LogP contribution in [-0.4, -0.2) is 37.9 Å². The second kappa shape index (κ2) is 5.71. The lowest BCUT2D eigenvalue weighted by Crippen LogP contribution is -2.38. The van der Waals surface area contributed by atoms with Crippen molar-refractivity contribution in [3.63, 3.8) is 0 Å². The number of hydrogen-bond acceptors (Lipinski definition) is 5. The topological polar surface area (TPSA) is 48.0 Å². The molecule has 2 heterocycles. The molecule has 3 rings (SSSR count). The number of piperidine rings is 1. The summed E-state index contributed by atoms with van der Waals surface area (Å²) in [5.41, 5.74) is 1.18. The summed E-state index contributed by atoms with van der Waals surface area (Å²) in [5.74, 6) is 1.52. The van der Waals surface area contributed by atoms with E-state index in [9.17, 15) is 4.79 Å². The molecule has 0 amide bonds. The van der Waals surface area contributed by atoms with E-state index in [-0.39, 0.29) is 11.9 Å². The number of benzene rings is 1. The average Bonchev–Trinajstić information content (AvgIpc) is 2.94. The second-order valence-electron chi connectivity index (χ2n) is 5.29. The van der Waals surface area contributed by atoms with Crippen LogP contribution in [-0.2, 0) is 16.1 Å². The quantitative estimate of drug-likeness (QED) is 0.788. The van der Waals surface area contributed by atoms with Crippen LogP contribution in [0.2, 0.25) is 0 Å². The van der Waals surface area contributed by atoms with E-state index >= 15 is 0 Å². The Kier molecular flexibility index (Phi) is 3.78. The minimum Gasteiger partial charge on any atom is -0.469 e. The number of carbonyl (C=O) groups excluding carboxylic acids is 1.